The SMILES string of the molecule is C#Cc1cc(O)ccc1C1=C(C)c2cc(O)ccc2OC1c1ccc(OCC(C)N2CCC(C)C2)cc1. The number of allylic oxidation sites excluding steroid dienone is 1. The smallest absolute Gasteiger partial charge is 0.150 e. The molecule has 3 atom stereocenters. The summed E-state index contributed by atoms with van der Waals surface area (Å²) in [5.41, 5.74) is 5.02. The molecule has 3 aromatic rings. The number of phenolic OH excluding ortho intramolecular Hbond substituents is 2. The molecule has 5 nitrogen and oxygen atoms in total. The van der Waals surface area contributed by atoms with Crippen molar-refractivity contribution in [3.8, 4) is 35.3 Å². The van der Waals surface area contributed by atoms with Gasteiger partial charge in [-0.05, 0) is 98.0 Å². The predicted octanol–water partition coefficient (Wildman–Crippen LogP) is 6.25. The summed E-state index contributed by atoms with van der Waals surface area (Å²) in [6.45, 7) is 9.44. The summed E-state index contributed by atoms with van der Waals surface area (Å²) >= 11 is 0. The van der Waals surface area contributed by atoms with Crippen LogP contribution in [-0.4, -0.2) is 40.9 Å². The van der Waals surface area contributed by atoms with E-state index < -0.39 is 6.10 Å². The molecule has 2 N–H and O–H groups in total. The number of nitrogens with zero attached hydrogens (tertiary/aromatic N) is 1. The summed E-state index contributed by atoms with van der Waals surface area (Å²) in [5.74, 6) is 5.24. The first-order valence-electron chi connectivity index (χ1n) is 12.8. The second kappa shape index (κ2) is 10.2. The molecule has 3 aromatic carbocycles. The van der Waals surface area contributed by atoms with Gasteiger partial charge in [-0.1, -0.05) is 25.0 Å². The van der Waals surface area contributed by atoms with Crippen LogP contribution in [0.2, 0.25) is 0 Å². The van der Waals surface area contributed by atoms with Crippen LogP contribution in [0.1, 0.15) is 55.5 Å². The third-order valence-electron chi connectivity index (χ3n) is 7.48. The fourth-order valence-corrected chi connectivity index (χ4v) is 5.34. The average molecular weight is 496 g/mol. The van der Waals surface area contributed by atoms with Crippen LogP contribution in [0.4, 0.5) is 0 Å². The van der Waals surface area contributed by atoms with Gasteiger partial charge in [-0.3, -0.25) is 4.90 Å². The first-order chi connectivity index (χ1) is 17.8. The molecule has 1 saturated heterocycles. The van der Waals surface area contributed by atoms with E-state index in [-0.39, 0.29) is 11.5 Å². The van der Waals surface area contributed by atoms with Gasteiger partial charge in [0.15, 0.2) is 0 Å². The molecule has 1 fully saturated rings. The van der Waals surface area contributed by atoms with Crippen molar-refractivity contribution in [3.05, 3.63) is 82.9 Å². The summed E-state index contributed by atoms with van der Waals surface area (Å²) in [6, 6.07) is 18.5. The van der Waals surface area contributed by atoms with Gasteiger partial charge in [0.1, 0.15) is 35.7 Å². The van der Waals surface area contributed by atoms with Crippen LogP contribution < -0.4 is 9.47 Å². The molecule has 5 heteroatoms. The van der Waals surface area contributed by atoms with Crippen LogP contribution in [0.25, 0.3) is 11.1 Å². The van der Waals surface area contributed by atoms with E-state index in [4.69, 9.17) is 15.9 Å². The van der Waals surface area contributed by atoms with Crippen LogP contribution in [0.15, 0.2) is 60.7 Å². The standard InChI is InChI=1S/C32H33NO4/c1-5-23-16-25(34)8-12-28(23)31-22(4)29-17-26(35)9-13-30(29)37-32(31)24-6-10-27(11-7-24)36-19-21(3)33-15-14-20(2)18-33/h1,6-13,16-17,20-21,32,34-35H,14-15,18-19H2,2-4H3. The summed E-state index contributed by atoms with van der Waals surface area (Å²) in [6.07, 6.45) is 6.65. The molecule has 0 saturated carbocycles. The number of likely N-dealkylation sites (tertiary alicyclic amines) is 1. The highest BCUT2D eigenvalue weighted by Gasteiger charge is 2.31. The third-order valence-corrected chi connectivity index (χ3v) is 7.48. The molecule has 0 aliphatic carbocycles. The van der Waals surface area contributed by atoms with E-state index >= 15 is 0 Å². The molecule has 0 amide bonds. The van der Waals surface area contributed by atoms with Crippen molar-refractivity contribution in [2.24, 2.45) is 5.92 Å². The molecule has 0 spiro atoms. The maximum Gasteiger partial charge on any atom is 0.150 e. The summed E-state index contributed by atoms with van der Waals surface area (Å²) in [4.78, 5) is 2.49. The van der Waals surface area contributed by atoms with Gasteiger partial charge in [-0.2, -0.15) is 0 Å². The Kier molecular flexibility index (Phi) is 6.86. The Bertz CT molecular complexity index is 1370. The van der Waals surface area contributed by atoms with Crippen molar-refractivity contribution in [2.75, 3.05) is 19.7 Å². The van der Waals surface area contributed by atoms with Gasteiger partial charge in [0.25, 0.3) is 0 Å². The molecule has 37 heavy (non-hydrogen) atoms. The highest BCUT2D eigenvalue weighted by molar-refractivity contribution is 5.97. The average Bonchev–Trinajstić information content (AvgIpc) is 3.34. The Morgan fingerprint density at radius 1 is 1.05 bits per heavy atom. The number of hydrogen-bond acceptors (Lipinski definition) is 5. The number of benzene rings is 3. The zero-order valence-corrected chi connectivity index (χ0v) is 21.6. The van der Waals surface area contributed by atoms with E-state index in [1.807, 2.05) is 37.3 Å². The lowest BCUT2D eigenvalue weighted by atomic mass is 9.84. The fraction of sp³-hybridized carbons (Fsp3) is 0.312. The van der Waals surface area contributed by atoms with Crippen LogP contribution in [0.5, 0.6) is 23.0 Å². The molecule has 3 unspecified atom stereocenters. The van der Waals surface area contributed by atoms with Crippen molar-refractivity contribution < 1.29 is 19.7 Å². The topological polar surface area (TPSA) is 62.2 Å². The van der Waals surface area contributed by atoms with E-state index in [2.05, 4.69) is 24.7 Å². The maximum absolute atomic E-state index is 10.1. The van der Waals surface area contributed by atoms with E-state index in [0.29, 0.717) is 24.0 Å². The normalized spacial score (nSPS) is 20.2. The minimum atomic E-state index is -0.423. The van der Waals surface area contributed by atoms with Gasteiger partial charge in [-0.15, -0.1) is 6.42 Å². The van der Waals surface area contributed by atoms with Gasteiger partial charge in [-0.25, -0.2) is 0 Å². The van der Waals surface area contributed by atoms with E-state index in [9.17, 15) is 10.2 Å². The number of ether oxygens (including phenoxy) is 2. The highest BCUT2D eigenvalue weighted by Crippen LogP contribution is 2.48. The summed E-state index contributed by atoms with van der Waals surface area (Å²) in [7, 11) is 0. The van der Waals surface area contributed by atoms with Crippen molar-refractivity contribution in [1.29, 1.82) is 0 Å². The van der Waals surface area contributed by atoms with Gasteiger partial charge >= 0.3 is 0 Å². The minimum absolute atomic E-state index is 0.111. The molecular weight excluding hydrogens is 462 g/mol. The number of fused-ring (bicyclic) bond motifs is 1. The lowest BCUT2D eigenvalue weighted by molar-refractivity contribution is 0.169. The van der Waals surface area contributed by atoms with E-state index in [1.165, 1.54) is 6.42 Å². The number of rotatable bonds is 6. The molecule has 2 aliphatic rings. The fourth-order valence-electron chi connectivity index (χ4n) is 5.34. The largest absolute Gasteiger partial charge is 0.508 e. The Hall–Kier alpha value is -3.88. The minimum Gasteiger partial charge on any atom is -0.508 e. The Morgan fingerprint density at radius 2 is 1.78 bits per heavy atom. The van der Waals surface area contributed by atoms with Gasteiger partial charge in [0.05, 0.1) is 0 Å². The second-order valence-electron chi connectivity index (χ2n) is 10.2. The zero-order chi connectivity index (χ0) is 26.1. The molecule has 0 radical (unpaired) electrons. The van der Waals surface area contributed by atoms with Crippen molar-refractivity contribution >= 4 is 11.1 Å². The highest BCUT2D eigenvalue weighted by atomic mass is 16.5. The molecule has 2 aliphatic heterocycles. The molecule has 0 aromatic heterocycles. The molecular formula is C32H33NO4. The van der Waals surface area contributed by atoms with E-state index in [1.54, 1.807) is 30.3 Å². The second-order valence-corrected chi connectivity index (χ2v) is 10.2. The van der Waals surface area contributed by atoms with Crippen LogP contribution in [0.3, 0.4) is 0 Å². The summed E-state index contributed by atoms with van der Waals surface area (Å²) in [5, 5.41) is 20.1. The van der Waals surface area contributed by atoms with Crippen LogP contribution in [-0.2, 0) is 0 Å². The lowest BCUT2D eigenvalue weighted by Crippen LogP contribution is -2.35. The molecule has 5 rings (SSSR count). The Balaban J connectivity index is 1.45. The lowest BCUT2D eigenvalue weighted by Gasteiger charge is -2.31. The molecule has 2 heterocycles. The third kappa shape index (κ3) is 5.03. The predicted molar refractivity (Wildman–Crippen MR) is 147 cm³/mol. The monoisotopic (exact) mass is 495 g/mol. The maximum atomic E-state index is 10.1. The number of hydrogen-bond donors (Lipinski definition) is 2. The number of aromatic hydroxyl groups is 2. The van der Waals surface area contributed by atoms with E-state index in [0.717, 1.165) is 52.6 Å². The Labute approximate surface area is 219 Å². The first-order valence-corrected chi connectivity index (χ1v) is 12.8. The van der Waals surface area contributed by atoms with Gasteiger partial charge in [0, 0.05) is 29.3 Å². The molecule has 0 bridgehead atoms. The molecule has 190 valence electrons. The quantitative estimate of drug-likeness (QED) is 0.396. The van der Waals surface area contributed by atoms with Crippen molar-refractivity contribution in [1.82, 2.24) is 4.90 Å². The van der Waals surface area contributed by atoms with Crippen molar-refractivity contribution in [2.45, 2.75) is 39.3 Å². The van der Waals surface area contributed by atoms with Crippen LogP contribution in [0, 0.1) is 18.3 Å². The number of phenols is 2. The summed E-state index contributed by atoms with van der Waals surface area (Å²) < 4.78 is 12.6. The first kappa shape index (κ1) is 24.8. The van der Waals surface area contributed by atoms with Gasteiger partial charge in [0.2, 0.25) is 0 Å². The zero-order valence-electron chi connectivity index (χ0n) is 21.6. The Morgan fingerprint density at radius 3 is 2.49 bits per heavy atom. The van der Waals surface area contributed by atoms with Gasteiger partial charge < -0.3 is 19.7 Å². The van der Waals surface area contributed by atoms with Crippen molar-refractivity contribution in [3.63, 3.8) is 0 Å². The van der Waals surface area contributed by atoms with Crippen LogP contribution >= 0.6 is 0 Å². The number of terminal acetylenes is 1.